The first kappa shape index (κ1) is 22.3. The van der Waals surface area contributed by atoms with E-state index in [0.717, 1.165) is 23.3 Å². The van der Waals surface area contributed by atoms with Crippen LogP contribution in [0.3, 0.4) is 0 Å². The van der Waals surface area contributed by atoms with Crippen molar-refractivity contribution < 1.29 is 27.9 Å². The molecule has 0 saturated heterocycles. The van der Waals surface area contributed by atoms with Crippen LogP contribution >= 0.6 is 0 Å². The molecule has 4 N–H and O–H groups in total. The van der Waals surface area contributed by atoms with Gasteiger partial charge < -0.3 is 21.1 Å². The van der Waals surface area contributed by atoms with Gasteiger partial charge in [-0.25, -0.2) is 4.79 Å². The highest BCUT2D eigenvalue weighted by molar-refractivity contribution is 6.04. The van der Waals surface area contributed by atoms with Crippen molar-refractivity contribution in [2.24, 2.45) is 0 Å². The first-order valence-corrected chi connectivity index (χ1v) is 10.1. The fourth-order valence-corrected chi connectivity index (χ4v) is 3.81. The molecular formula is C24H20F3N3O3. The number of alkyl halides is 3. The third kappa shape index (κ3) is 4.98. The number of anilines is 2. The molecule has 0 spiro atoms. The number of benzene rings is 3. The molecule has 33 heavy (non-hydrogen) atoms. The van der Waals surface area contributed by atoms with Crippen molar-refractivity contribution in [1.82, 2.24) is 5.32 Å². The van der Waals surface area contributed by atoms with Gasteiger partial charge in [0.05, 0.1) is 23.4 Å². The molecule has 170 valence electrons. The molecule has 4 rings (SSSR count). The number of carbonyl (C=O) groups excluding carboxylic acids is 2. The minimum atomic E-state index is -4.78. The molecular weight excluding hydrogens is 435 g/mol. The maximum atomic E-state index is 13.7. The fraction of sp³-hybridized carbons (Fsp3) is 0.167. The Bertz CT molecular complexity index is 1180. The van der Waals surface area contributed by atoms with Gasteiger partial charge in [0.15, 0.2) is 0 Å². The largest absolute Gasteiger partial charge is 0.418 e. The van der Waals surface area contributed by atoms with Crippen LogP contribution < -0.4 is 16.0 Å². The SMILES string of the molecule is O=C(Nc1ccc(NC(=O)c2ccccc2)cc1C(F)(F)F)N[C@@H]1c2ccccc2C[C@@H]1O. The maximum Gasteiger partial charge on any atom is 0.418 e. The number of hydrogen-bond acceptors (Lipinski definition) is 3. The summed E-state index contributed by atoms with van der Waals surface area (Å²) in [5, 5.41) is 17.4. The molecule has 9 heteroatoms. The van der Waals surface area contributed by atoms with Crippen LogP contribution in [-0.4, -0.2) is 23.1 Å². The monoisotopic (exact) mass is 455 g/mol. The normalized spacial score (nSPS) is 17.2. The molecule has 3 aromatic carbocycles. The number of nitrogens with one attached hydrogen (secondary N) is 3. The summed E-state index contributed by atoms with van der Waals surface area (Å²) in [5.74, 6) is -0.559. The van der Waals surface area contributed by atoms with Crippen LogP contribution in [0.5, 0.6) is 0 Å². The lowest BCUT2D eigenvalue weighted by Gasteiger charge is -2.20. The van der Waals surface area contributed by atoms with Crippen LogP contribution in [0.2, 0.25) is 0 Å². The highest BCUT2D eigenvalue weighted by Crippen LogP contribution is 2.37. The molecule has 0 radical (unpaired) electrons. The van der Waals surface area contributed by atoms with Crippen molar-refractivity contribution >= 4 is 23.3 Å². The number of carbonyl (C=O) groups is 2. The molecule has 0 bridgehead atoms. The second-order valence-corrected chi connectivity index (χ2v) is 7.62. The number of fused-ring (bicyclic) bond motifs is 1. The van der Waals surface area contributed by atoms with Crippen molar-refractivity contribution in [3.05, 3.63) is 95.1 Å². The lowest BCUT2D eigenvalue weighted by Crippen LogP contribution is -2.37. The molecule has 1 aliphatic carbocycles. The van der Waals surface area contributed by atoms with E-state index in [2.05, 4.69) is 16.0 Å². The Balaban J connectivity index is 1.51. The van der Waals surface area contributed by atoms with Crippen LogP contribution in [0.1, 0.15) is 33.1 Å². The molecule has 0 fully saturated rings. The molecule has 3 aromatic rings. The van der Waals surface area contributed by atoms with Gasteiger partial charge >= 0.3 is 12.2 Å². The molecule has 2 atom stereocenters. The number of rotatable bonds is 4. The Labute approximate surface area is 187 Å². The van der Waals surface area contributed by atoms with Crippen molar-refractivity contribution in [3.8, 4) is 0 Å². The Morgan fingerprint density at radius 2 is 1.61 bits per heavy atom. The second-order valence-electron chi connectivity index (χ2n) is 7.62. The Hall–Kier alpha value is -3.85. The number of urea groups is 1. The molecule has 0 heterocycles. The third-order valence-corrected chi connectivity index (χ3v) is 5.36. The number of aliphatic hydroxyl groups excluding tert-OH is 1. The van der Waals surface area contributed by atoms with E-state index < -0.39 is 41.5 Å². The summed E-state index contributed by atoms with van der Waals surface area (Å²) in [6.45, 7) is 0. The van der Waals surface area contributed by atoms with Gasteiger partial charge in [-0.2, -0.15) is 13.2 Å². The van der Waals surface area contributed by atoms with Crippen molar-refractivity contribution in [3.63, 3.8) is 0 Å². The number of amides is 3. The van der Waals surface area contributed by atoms with Crippen LogP contribution in [0.4, 0.5) is 29.3 Å². The molecule has 1 aliphatic rings. The van der Waals surface area contributed by atoms with Gasteiger partial charge in [-0.3, -0.25) is 4.79 Å². The summed E-state index contributed by atoms with van der Waals surface area (Å²) in [6, 6.07) is 16.7. The number of hydrogen-bond donors (Lipinski definition) is 4. The van der Waals surface area contributed by atoms with Gasteiger partial charge in [-0.1, -0.05) is 42.5 Å². The molecule has 0 unspecified atom stereocenters. The summed E-state index contributed by atoms with van der Waals surface area (Å²) < 4.78 is 41.0. The van der Waals surface area contributed by atoms with Crippen LogP contribution in [0, 0.1) is 0 Å². The van der Waals surface area contributed by atoms with Crippen LogP contribution in [-0.2, 0) is 12.6 Å². The van der Waals surface area contributed by atoms with E-state index in [1.165, 1.54) is 18.2 Å². The average Bonchev–Trinajstić information content (AvgIpc) is 3.09. The Morgan fingerprint density at radius 1 is 0.909 bits per heavy atom. The standard InChI is InChI=1S/C24H20F3N3O3/c25-24(26,27)18-13-16(28-22(32)14-6-2-1-3-7-14)10-11-19(18)29-23(33)30-21-17-9-5-4-8-15(17)12-20(21)31/h1-11,13,20-21,31H,12H2,(H,28,32)(H2,29,30,33)/t20-,21+/m0/s1. The third-order valence-electron chi connectivity index (χ3n) is 5.36. The summed E-state index contributed by atoms with van der Waals surface area (Å²) in [7, 11) is 0. The predicted molar refractivity (Wildman–Crippen MR) is 117 cm³/mol. The highest BCUT2D eigenvalue weighted by atomic mass is 19.4. The number of aliphatic hydroxyl groups is 1. The van der Waals surface area contributed by atoms with Gasteiger partial charge in [-0.15, -0.1) is 0 Å². The highest BCUT2D eigenvalue weighted by Gasteiger charge is 2.36. The first-order chi connectivity index (χ1) is 15.7. The van der Waals surface area contributed by atoms with Crippen LogP contribution in [0.15, 0.2) is 72.8 Å². The van der Waals surface area contributed by atoms with Gasteiger partial charge in [0.25, 0.3) is 5.91 Å². The Kier molecular flexibility index (Phi) is 6.06. The fourth-order valence-electron chi connectivity index (χ4n) is 3.81. The van der Waals surface area contributed by atoms with E-state index in [4.69, 9.17) is 0 Å². The van der Waals surface area contributed by atoms with Crippen LogP contribution in [0.25, 0.3) is 0 Å². The van der Waals surface area contributed by atoms with E-state index in [-0.39, 0.29) is 5.69 Å². The molecule has 0 saturated carbocycles. The minimum Gasteiger partial charge on any atom is -0.390 e. The molecule has 0 aliphatic heterocycles. The van der Waals surface area contributed by atoms with Crippen molar-refractivity contribution in [2.75, 3.05) is 10.6 Å². The Morgan fingerprint density at radius 3 is 2.33 bits per heavy atom. The smallest absolute Gasteiger partial charge is 0.390 e. The summed E-state index contributed by atoms with van der Waals surface area (Å²) in [6.07, 6.45) is -5.33. The maximum absolute atomic E-state index is 13.7. The zero-order chi connectivity index (χ0) is 23.6. The van der Waals surface area contributed by atoms with Gasteiger partial charge in [0, 0.05) is 17.7 Å². The van der Waals surface area contributed by atoms with E-state index in [1.54, 1.807) is 30.3 Å². The van der Waals surface area contributed by atoms with E-state index in [9.17, 15) is 27.9 Å². The van der Waals surface area contributed by atoms with E-state index in [1.807, 2.05) is 12.1 Å². The minimum absolute atomic E-state index is 0.0673. The molecule has 3 amide bonds. The predicted octanol–water partition coefficient (Wildman–Crippen LogP) is 4.74. The molecule has 6 nitrogen and oxygen atoms in total. The van der Waals surface area contributed by atoms with E-state index >= 15 is 0 Å². The average molecular weight is 455 g/mol. The topological polar surface area (TPSA) is 90.5 Å². The van der Waals surface area contributed by atoms with Crippen molar-refractivity contribution in [2.45, 2.75) is 24.7 Å². The lowest BCUT2D eigenvalue weighted by atomic mass is 10.1. The summed E-state index contributed by atoms with van der Waals surface area (Å²) in [5.41, 5.74) is 0.222. The quantitative estimate of drug-likeness (QED) is 0.458. The molecule has 0 aromatic heterocycles. The zero-order valence-electron chi connectivity index (χ0n) is 17.2. The summed E-state index contributed by atoms with van der Waals surface area (Å²) >= 11 is 0. The van der Waals surface area contributed by atoms with Crippen molar-refractivity contribution in [1.29, 1.82) is 0 Å². The van der Waals surface area contributed by atoms with E-state index in [0.29, 0.717) is 12.0 Å². The second kappa shape index (κ2) is 8.95. The number of halogens is 3. The van der Waals surface area contributed by atoms with Gasteiger partial charge in [0.2, 0.25) is 0 Å². The summed E-state index contributed by atoms with van der Waals surface area (Å²) in [4.78, 5) is 24.7. The van der Waals surface area contributed by atoms with Gasteiger partial charge in [0.1, 0.15) is 0 Å². The van der Waals surface area contributed by atoms with Gasteiger partial charge in [-0.05, 0) is 41.5 Å². The first-order valence-electron chi connectivity index (χ1n) is 10.1. The zero-order valence-corrected chi connectivity index (χ0v) is 17.2. The lowest BCUT2D eigenvalue weighted by molar-refractivity contribution is -0.136.